The van der Waals surface area contributed by atoms with Crippen LogP contribution >= 0.6 is 11.6 Å². The largest absolute Gasteiger partial charge is 0.352 e. The third-order valence-electron chi connectivity index (χ3n) is 2.01. The minimum atomic E-state index is -0.581. The van der Waals surface area contributed by atoms with E-state index in [0.717, 1.165) is 12.5 Å². The summed E-state index contributed by atoms with van der Waals surface area (Å²) in [5.74, 6) is -0.872. The van der Waals surface area contributed by atoms with Crippen LogP contribution in [0.5, 0.6) is 0 Å². The number of allylic oxidation sites excluding steroid dienone is 1. The highest BCUT2D eigenvalue weighted by Crippen LogP contribution is 2.15. The van der Waals surface area contributed by atoms with E-state index in [-0.39, 0.29) is 16.5 Å². The molecular weight excluding hydrogens is 229 g/mol. The zero-order chi connectivity index (χ0) is 12.0. The normalized spacial score (nSPS) is 10.7. The van der Waals surface area contributed by atoms with Crippen LogP contribution in [-0.4, -0.2) is 12.5 Å². The molecule has 0 spiro atoms. The highest BCUT2D eigenvalue weighted by Gasteiger charge is 2.07. The SMILES string of the molecule is C/C=C/CCNC(=O)c1ccc(Cl)c(F)c1. The standard InChI is InChI=1S/C12H13ClFNO/c1-2-3-4-7-15-12(16)9-5-6-10(13)11(14)8-9/h2-3,5-6,8H,4,7H2,1H3,(H,15,16)/b3-2+. The van der Waals surface area contributed by atoms with Gasteiger partial charge in [-0.3, -0.25) is 4.79 Å². The van der Waals surface area contributed by atoms with Crippen molar-refractivity contribution in [2.24, 2.45) is 0 Å². The molecule has 1 amide bonds. The summed E-state index contributed by atoms with van der Waals surface area (Å²) in [5, 5.41) is 2.70. The molecule has 0 aliphatic rings. The van der Waals surface area contributed by atoms with E-state index < -0.39 is 5.82 Å². The van der Waals surface area contributed by atoms with Crippen LogP contribution in [-0.2, 0) is 0 Å². The molecule has 0 aliphatic heterocycles. The molecule has 0 atom stereocenters. The number of halogens is 2. The van der Waals surface area contributed by atoms with Gasteiger partial charge >= 0.3 is 0 Å². The van der Waals surface area contributed by atoms with Crippen LogP contribution in [0.2, 0.25) is 5.02 Å². The highest BCUT2D eigenvalue weighted by molar-refractivity contribution is 6.30. The van der Waals surface area contributed by atoms with Gasteiger partial charge in [0.2, 0.25) is 0 Å². The van der Waals surface area contributed by atoms with Crippen molar-refractivity contribution in [3.63, 3.8) is 0 Å². The van der Waals surface area contributed by atoms with Gasteiger partial charge in [-0.1, -0.05) is 23.8 Å². The van der Waals surface area contributed by atoms with Crippen molar-refractivity contribution in [3.05, 3.63) is 46.8 Å². The Bertz CT molecular complexity index is 404. The molecular formula is C12H13ClFNO. The smallest absolute Gasteiger partial charge is 0.251 e. The molecule has 0 radical (unpaired) electrons. The maximum Gasteiger partial charge on any atom is 0.251 e. The van der Waals surface area contributed by atoms with Gasteiger partial charge in [-0.05, 0) is 31.5 Å². The maximum absolute atomic E-state index is 13.1. The first kappa shape index (κ1) is 12.7. The van der Waals surface area contributed by atoms with Crippen LogP contribution in [0, 0.1) is 5.82 Å². The predicted molar refractivity (Wildman–Crippen MR) is 63.2 cm³/mol. The third kappa shape index (κ3) is 3.66. The summed E-state index contributed by atoms with van der Waals surface area (Å²) in [7, 11) is 0. The first-order valence-electron chi connectivity index (χ1n) is 4.99. The van der Waals surface area contributed by atoms with E-state index in [4.69, 9.17) is 11.6 Å². The lowest BCUT2D eigenvalue weighted by Crippen LogP contribution is -2.24. The van der Waals surface area contributed by atoms with E-state index in [0.29, 0.717) is 6.54 Å². The van der Waals surface area contributed by atoms with Crippen LogP contribution in [0.15, 0.2) is 30.4 Å². The summed E-state index contributed by atoms with van der Waals surface area (Å²) in [4.78, 5) is 11.5. The van der Waals surface area contributed by atoms with Crippen molar-refractivity contribution in [1.82, 2.24) is 5.32 Å². The van der Waals surface area contributed by atoms with E-state index in [1.165, 1.54) is 12.1 Å². The lowest BCUT2D eigenvalue weighted by molar-refractivity contribution is 0.0954. The Morgan fingerprint density at radius 2 is 2.31 bits per heavy atom. The second-order valence-corrected chi connectivity index (χ2v) is 3.65. The zero-order valence-corrected chi connectivity index (χ0v) is 9.72. The van der Waals surface area contributed by atoms with E-state index in [1.54, 1.807) is 0 Å². The number of carbonyl (C=O) groups is 1. The Kier molecular flexibility index (Phi) is 4.99. The molecule has 1 aromatic carbocycles. The van der Waals surface area contributed by atoms with Crippen LogP contribution in [0.25, 0.3) is 0 Å². The first-order chi connectivity index (χ1) is 7.65. The Labute approximate surface area is 99.1 Å². The molecule has 0 saturated heterocycles. The summed E-state index contributed by atoms with van der Waals surface area (Å²) in [5.41, 5.74) is 0.280. The molecule has 0 aliphatic carbocycles. The van der Waals surface area contributed by atoms with Gasteiger partial charge in [-0.25, -0.2) is 4.39 Å². The third-order valence-corrected chi connectivity index (χ3v) is 2.32. The van der Waals surface area contributed by atoms with E-state index in [1.807, 2.05) is 19.1 Å². The molecule has 86 valence electrons. The van der Waals surface area contributed by atoms with Crippen LogP contribution in [0.3, 0.4) is 0 Å². The number of benzene rings is 1. The van der Waals surface area contributed by atoms with Gasteiger partial charge in [-0.15, -0.1) is 0 Å². The summed E-state index contributed by atoms with van der Waals surface area (Å²) in [6, 6.07) is 4.00. The summed E-state index contributed by atoms with van der Waals surface area (Å²) in [6.07, 6.45) is 4.62. The molecule has 16 heavy (non-hydrogen) atoms. The molecule has 0 aromatic heterocycles. The van der Waals surface area contributed by atoms with Crippen molar-refractivity contribution in [2.75, 3.05) is 6.54 Å². The molecule has 0 heterocycles. The number of amides is 1. The quantitative estimate of drug-likeness (QED) is 0.637. The molecule has 0 unspecified atom stereocenters. The zero-order valence-electron chi connectivity index (χ0n) is 8.97. The monoisotopic (exact) mass is 241 g/mol. The Morgan fingerprint density at radius 3 is 2.94 bits per heavy atom. The number of nitrogens with one attached hydrogen (secondary N) is 1. The first-order valence-corrected chi connectivity index (χ1v) is 5.37. The van der Waals surface area contributed by atoms with Gasteiger partial charge < -0.3 is 5.32 Å². The number of rotatable bonds is 4. The van der Waals surface area contributed by atoms with Gasteiger partial charge in [0.1, 0.15) is 5.82 Å². The van der Waals surface area contributed by atoms with Crippen molar-refractivity contribution in [1.29, 1.82) is 0 Å². The van der Waals surface area contributed by atoms with Crippen LogP contribution < -0.4 is 5.32 Å². The lowest BCUT2D eigenvalue weighted by atomic mass is 10.2. The molecule has 1 rings (SSSR count). The average Bonchev–Trinajstić information content (AvgIpc) is 2.28. The Morgan fingerprint density at radius 1 is 1.56 bits per heavy atom. The number of hydrogen-bond donors (Lipinski definition) is 1. The fraction of sp³-hybridized carbons (Fsp3) is 0.250. The van der Waals surface area contributed by atoms with Crippen molar-refractivity contribution < 1.29 is 9.18 Å². The molecule has 0 bridgehead atoms. The number of hydrogen-bond acceptors (Lipinski definition) is 1. The fourth-order valence-corrected chi connectivity index (χ4v) is 1.29. The molecule has 0 saturated carbocycles. The van der Waals surface area contributed by atoms with Crippen molar-refractivity contribution in [3.8, 4) is 0 Å². The second-order valence-electron chi connectivity index (χ2n) is 3.24. The van der Waals surface area contributed by atoms with Gasteiger partial charge in [0.15, 0.2) is 0 Å². The summed E-state index contributed by atoms with van der Waals surface area (Å²) >= 11 is 5.52. The van der Waals surface area contributed by atoms with Gasteiger partial charge in [-0.2, -0.15) is 0 Å². The van der Waals surface area contributed by atoms with Crippen molar-refractivity contribution in [2.45, 2.75) is 13.3 Å². The summed E-state index contributed by atoms with van der Waals surface area (Å²) in [6.45, 7) is 2.45. The van der Waals surface area contributed by atoms with E-state index in [9.17, 15) is 9.18 Å². The van der Waals surface area contributed by atoms with Crippen molar-refractivity contribution >= 4 is 17.5 Å². The minimum absolute atomic E-state index is 0.0190. The topological polar surface area (TPSA) is 29.1 Å². The van der Waals surface area contributed by atoms with E-state index in [2.05, 4.69) is 5.32 Å². The van der Waals surface area contributed by atoms with E-state index >= 15 is 0 Å². The average molecular weight is 242 g/mol. The minimum Gasteiger partial charge on any atom is -0.352 e. The van der Waals surface area contributed by atoms with Gasteiger partial charge in [0, 0.05) is 12.1 Å². The Balaban J connectivity index is 2.56. The maximum atomic E-state index is 13.1. The Hall–Kier alpha value is -1.35. The molecule has 0 fully saturated rings. The van der Waals surface area contributed by atoms with Crippen LogP contribution in [0.1, 0.15) is 23.7 Å². The molecule has 1 aromatic rings. The lowest BCUT2D eigenvalue weighted by Gasteiger charge is -2.04. The van der Waals surface area contributed by atoms with Gasteiger partial charge in [0.05, 0.1) is 5.02 Å². The second kappa shape index (κ2) is 6.28. The fourth-order valence-electron chi connectivity index (χ4n) is 1.18. The molecule has 2 nitrogen and oxygen atoms in total. The molecule has 1 N–H and O–H groups in total. The highest BCUT2D eigenvalue weighted by atomic mass is 35.5. The molecule has 4 heteroatoms. The predicted octanol–water partition coefficient (Wildman–Crippen LogP) is 3.18. The van der Waals surface area contributed by atoms with Gasteiger partial charge in [0.25, 0.3) is 5.91 Å². The summed E-state index contributed by atoms with van der Waals surface area (Å²) < 4.78 is 13.1. The number of carbonyl (C=O) groups excluding carboxylic acids is 1. The van der Waals surface area contributed by atoms with Crippen LogP contribution in [0.4, 0.5) is 4.39 Å².